The van der Waals surface area contributed by atoms with Gasteiger partial charge in [-0.2, -0.15) is 0 Å². The van der Waals surface area contributed by atoms with E-state index in [1.165, 1.54) is 5.56 Å². The van der Waals surface area contributed by atoms with E-state index in [1.807, 2.05) is 10.7 Å². The lowest BCUT2D eigenvalue weighted by molar-refractivity contribution is 0.0788. The Morgan fingerprint density at radius 2 is 1.83 bits per heavy atom. The summed E-state index contributed by atoms with van der Waals surface area (Å²) in [6, 6.07) is 6.53. The van der Waals surface area contributed by atoms with Crippen LogP contribution < -0.4 is 9.47 Å². The van der Waals surface area contributed by atoms with Gasteiger partial charge in [0, 0.05) is 32.7 Å². The SMILES string of the molecule is CCC[C@H](c1nnnn1C(C)(C)CC)N1CCN(Cc2ccc3c(c2)OCO3)CC1. The summed E-state index contributed by atoms with van der Waals surface area (Å²) < 4.78 is 13.0. The van der Waals surface area contributed by atoms with Gasteiger partial charge < -0.3 is 9.47 Å². The van der Waals surface area contributed by atoms with Crippen molar-refractivity contribution in [2.24, 2.45) is 0 Å². The molecule has 8 heteroatoms. The molecule has 1 saturated heterocycles. The van der Waals surface area contributed by atoms with Crippen molar-refractivity contribution in [1.29, 1.82) is 0 Å². The predicted octanol–water partition coefficient (Wildman–Crippen LogP) is 3.21. The molecule has 4 rings (SSSR count). The van der Waals surface area contributed by atoms with E-state index in [2.05, 4.69) is 65.2 Å². The fourth-order valence-corrected chi connectivity index (χ4v) is 4.26. The summed E-state index contributed by atoms with van der Waals surface area (Å²) >= 11 is 0. The summed E-state index contributed by atoms with van der Waals surface area (Å²) in [5, 5.41) is 12.9. The van der Waals surface area contributed by atoms with Crippen LogP contribution in [0.3, 0.4) is 0 Å². The summed E-state index contributed by atoms with van der Waals surface area (Å²) in [4.78, 5) is 5.07. The first-order chi connectivity index (χ1) is 14.5. The molecule has 1 aromatic carbocycles. The molecule has 0 bridgehead atoms. The third-order valence-electron chi connectivity index (χ3n) is 6.48. The third kappa shape index (κ3) is 4.30. The second-order valence-electron chi connectivity index (χ2n) is 8.92. The smallest absolute Gasteiger partial charge is 0.231 e. The molecule has 1 aromatic heterocycles. The lowest BCUT2D eigenvalue weighted by Crippen LogP contribution is -2.48. The van der Waals surface area contributed by atoms with Gasteiger partial charge in [0.2, 0.25) is 6.79 Å². The van der Waals surface area contributed by atoms with E-state index in [4.69, 9.17) is 9.47 Å². The molecule has 3 heterocycles. The van der Waals surface area contributed by atoms with Gasteiger partial charge in [-0.25, -0.2) is 4.68 Å². The van der Waals surface area contributed by atoms with Crippen molar-refractivity contribution >= 4 is 0 Å². The minimum Gasteiger partial charge on any atom is -0.454 e. The summed E-state index contributed by atoms with van der Waals surface area (Å²) in [6.07, 6.45) is 3.18. The zero-order valence-electron chi connectivity index (χ0n) is 18.7. The lowest BCUT2D eigenvalue weighted by Gasteiger charge is -2.39. The number of benzene rings is 1. The highest BCUT2D eigenvalue weighted by molar-refractivity contribution is 5.44. The zero-order chi connectivity index (χ0) is 21.1. The molecule has 0 aliphatic carbocycles. The molecule has 1 atom stereocenters. The molecule has 0 saturated carbocycles. The summed E-state index contributed by atoms with van der Waals surface area (Å²) in [5.74, 6) is 2.71. The summed E-state index contributed by atoms with van der Waals surface area (Å²) in [7, 11) is 0. The van der Waals surface area contributed by atoms with Crippen LogP contribution in [0.5, 0.6) is 11.5 Å². The van der Waals surface area contributed by atoms with Crippen LogP contribution in [0.4, 0.5) is 0 Å². The van der Waals surface area contributed by atoms with E-state index in [1.54, 1.807) is 0 Å². The van der Waals surface area contributed by atoms with E-state index in [9.17, 15) is 0 Å². The lowest BCUT2D eigenvalue weighted by atomic mass is 10.0. The number of hydrogen-bond donors (Lipinski definition) is 0. The van der Waals surface area contributed by atoms with E-state index in [0.29, 0.717) is 6.79 Å². The number of fused-ring (bicyclic) bond motifs is 1. The highest BCUT2D eigenvalue weighted by Crippen LogP contribution is 2.33. The molecule has 1 fully saturated rings. The van der Waals surface area contributed by atoms with Crippen LogP contribution >= 0.6 is 0 Å². The fourth-order valence-electron chi connectivity index (χ4n) is 4.26. The molecule has 0 unspecified atom stereocenters. The molecular weight excluding hydrogens is 380 g/mol. The van der Waals surface area contributed by atoms with Gasteiger partial charge in [-0.1, -0.05) is 26.3 Å². The Balaban J connectivity index is 1.41. The van der Waals surface area contributed by atoms with Crippen LogP contribution in [0, 0.1) is 0 Å². The van der Waals surface area contributed by atoms with Gasteiger partial charge >= 0.3 is 0 Å². The molecule has 2 aromatic rings. The maximum absolute atomic E-state index is 5.52. The molecule has 0 spiro atoms. The van der Waals surface area contributed by atoms with Crippen molar-refractivity contribution in [3.8, 4) is 11.5 Å². The number of rotatable bonds is 8. The normalized spacial score (nSPS) is 18.7. The van der Waals surface area contributed by atoms with Crippen LogP contribution in [0.1, 0.15) is 64.4 Å². The average molecular weight is 415 g/mol. The van der Waals surface area contributed by atoms with Crippen molar-refractivity contribution in [1.82, 2.24) is 30.0 Å². The molecule has 2 aliphatic heterocycles. The molecule has 8 nitrogen and oxygen atoms in total. The highest BCUT2D eigenvalue weighted by atomic mass is 16.7. The maximum atomic E-state index is 5.52. The minimum atomic E-state index is -0.0774. The van der Waals surface area contributed by atoms with Crippen molar-refractivity contribution < 1.29 is 9.47 Å². The van der Waals surface area contributed by atoms with E-state index in [-0.39, 0.29) is 11.6 Å². The summed E-state index contributed by atoms with van der Waals surface area (Å²) in [5.41, 5.74) is 1.19. The van der Waals surface area contributed by atoms with Crippen molar-refractivity contribution in [3.05, 3.63) is 29.6 Å². The Morgan fingerprint density at radius 1 is 1.07 bits per heavy atom. The van der Waals surface area contributed by atoms with Crippen molar-refractivity contribution in [2.45, 2.75) is 65.1 Å². The van der Waals surface area contributed by atoms with E-state index < -0.39 is 0 Å². The van der Waals surface area contributed by atoms with Crippen molar-refractivity contribution in [3.63, 3.8) is 0 Å². The fraction of sp³-hybridized carbons (Fsp3) is 0.682. The Kier molecular flexibility index (Phi) is 6.24. The molecule has 164 valence electrons. The molecular formula is C22H34N6O2. The Morgan fingerprint density at radius 3 is 2.57 bits per heavy atom. The quantitative estimate of drug-likeness (QED) is 0.657. The third-order valence-corrected chi connectivity index (χ3v) is 6.48. The number of nitrogens with zero attached hydrogens (tertiary/aromatic N) is 6. The van der Waals surface area contributed by atoms with Gasteiger partial charge in [-0.05, 0) is 54.8 Å². The van der Waals surface area contributed by atoms with Crippen LogP contribution in [-0.4, -0.2) is 63.0 Å². The molecule has 2 aliphatic rings. The van der Waals surface area contributed by atoms with Crippen molar-refractivity contribution in [2.75, 3.05) is 33.0 Å². The predicted molar refractivity (Wildman–Crippen MR) is 114 cm³/mol. The van der Waals surface area contributed by atoms with Gasteiger partial charge in [0.25, 0.3) is 0 Å². The molecule has 0 radical (unpaired) electrons. The Labute approximate surface area is 179 Å². The maximum Gasteiger partial charge on any atom is 0.231 e. The van der Waals surface area contributed by atoms with E-state index >= 15 is 0 Å². The van der Waals surface area contributed by atoms with Gasteiger partial charge in [-0.3, -0.25) is 9.80 Å². The van der Waals surface area contributed by atoms with Crippen LogP contribution in [0.15, 0.2) is 18.2 Å². The summed E-state index contributed by atoms with van der Waals surface area (Å²) in [6.45, 7) is 14.2. The van der Waals surface area contributed by atoms with Gasteiger partial charge in [0.15, 0.2) is 17.3 Å². The van der Waals surface area contributed by atoms with Crippen LogP contribution in [0.2, 0.25) is 0 Å². The monoisotopic (exact) mass is 414 g/mol. The number of tetrazole rings is 1. The topological polar surface area (TPSA) is 68.5 Å². The first-order valence-electron chi connectivity index (χ1n) is 11.2. The average Bonchev–Trinajstić information content (AvgIpc) is 3.42. The number of hydrogen-bond acceptors (Lipinski definition) is 7. The first kappa shape index (κ1) is 21.1. The zero-order valence-corrected chi connectivity index (χ0v) is 18.7. The molecule has 0 N–H and O–H groups in total. The number of ether oxygens (including phenoxy) is 2. The minimum absolute atomic E-state index is 0.0774. The van der Waals surface area contributed by atoms with E-state index in [0.717, 1.165) is 69.3 Å². The molecule has 30 heavy (non-hydrogen) atoms. The highest BCUT2D eigenvalue weighted by Gasteiger charge is 2.32. The van der Waals surface area contributed by atoms with Gasteiger partial charge in [0.1, 0.15) is 0 Å². The van der Waals surface area contributed by atoms with Gasteiger partial charge in [0.05, 0.1) is 11.6 Å². The second kappa shape index (κ2) is 8.89. The number of aromatic nitrogens is 4. The van der Waals surface area contributed by atoms with Gasteiger partial charge in [-0.15, -0.1) is 5.10 Å². The standard InChI is InChI=1S/C22H34N6O2/c1-5-7-18(21-23-24-25-28(21)22(3,4)6-2)27-12-10-26(11-13-27)15-17-8-9-19-20(14-17)30-16-29-19/h8-9,14,18H,5-7,10-13,15-16H2,1-4H3/t18-/m1/s1. The first-order valence-corrected chi connectivity index (χ1v) is 11.2. The van der Waals surface area contributed by atoms with Crippen LogP contribution in [-0.2, 0) is 12.1 Å². The largest absolute Gasteiger partial charge is 0.454 e. The Bertz CT molecular complexity index is 844. The van der Waals surface area contributed by atoms with Crippen LogP contribution in [0.25, 0.3) is 0 Å². The number of piperazine rings is 1. The molecule has 0 amide bonds. The second-order valence-corrected chi connectivity index (χ2v) is 8.92. The Hall–Kier alpha value is -2.19.